The van der Waals surface area contributed by atoms with E-state index >= 15 is 0 Å². The fraction of sp³-hybridized carbons (Fsp3) is 0.436. The van der Waals surface area contributed by atoms with Crippen LogP contribution in [0, 0.1) is 17.8 Å². The fourth-order valence-electron chi connectivity index (χ4n) is 9.00. The molecule has 1 aliphatic carbocycles. The second-order valence-corrected chi connectivity index (χ2v) is 16.1. The van der Waals surface area contributed by atoms with Crippen molar-refractivity contribution in [2.45, 2.75) is 66.8 Å². The molecule has 3 aromatic carbocycles. The molecule has 1 saturated carbocycles. The van der Waals surface area contributed by atoms with E-state index in [0.29, 0.717) is 27.5 Å². The number of likely N-dealkylation sites (tertiary alicyclic amines) is 1. The van der Waals surface area contributed by atoms with Crippen molar-refractivity contribution in [3.8, 4) is 0 Å². The summed E-state index contributed by atoms with van der Waals surface area (Å²) in [6.07, 6.45) is 11.5. The molecule has 3 aliphatic rings. The van der Waals surface area contributed by atoms with Crippen molar-refractivity contribution in [1.29, 1.82) is 0 Å². The molecule has 1 aromatic heterocycles. The van der Waals surface area contributed by atoms with E-state index < -0.39 is 9.84 Å². The van der Waals surface area contributed by atoms with Gasteiger partial charge in [0, 0.05) is 68.6 Å². The zero-order chi connectivity index (χ0) is 33.1. The summed E-state index contributed by atoms with van der Waals surface area (Å²) in [6, 6.07) is 27.2. The van der Waals surface area contributed by atoms with Gasteiger partial charge in [-0.1, -0.05) is 55.0 Å². The largest absolute Gasteiger partial charge is 0.371 e. The van der Waals surface area contributed by atoms with Gasteiger partial charge in [-0.05, 0) is 92.6 Å². The molecule has 2 aliphatic heterocycles. The van der Waals surface area contributed by atoms with E-state index in [4.69, 9.17) is 0 Å². The summed E-state index contributed by atoms with van der Waals surface area (Å²) in [4.78, 5) is 22.4. The maximum Gasteiger partial charge on any atom is 0.217 e. The van der Waals surface area contributed by atoms with Crippen molar-refractivity contribution in [1.82, 2.24) is 19.8 Å². The normalized spacial score (nSPS) is 22.2. The van der Waals surface area contributed by atoms with Crippen molar-refractivity contribution in [2.24, 2.45) is 17.8 Å². The number of rotatable bonds is 11. The molecule has 3 fully saturated rings. The van der Waals surface area contributed by atoms with Crippen LogP contribution < -0.4 is 10.2 Å². The number of piperidine rings is 1. The van der Waals surface area contributed by atoms with E-state index in [1.807, 2.05) is 30.7 Å². The molecule has 0 spiro atoms. The summed E-state index contributed by atoms with van der Waals surface area (Å²) in [7, 11) is -3.51. The van der Waals surface area contributed by atoms with Gasteiger partial charge < -0.3 is 19.7 Å². The topological polar surface area (TPSA) is 87.5 Å². The SMILES string of the molecule is CC(=O)N[C@H]1CCC[C@@H]1C(Cn1ccnc1)(c1ccccc1)C1CCN(CC2CN(c3ccc(S(=O)(=O)c4ccccc4)cc3)C2)CC1. The molecule has 0 bridgehead atoms. The summed E-state index contributed by atoms with van der Waals surface area (Å²) in [5.74, 6) is 1.51. The van der Waals surface area contributed by atoms with Gasteiger partial charge in [-0.3, -0.25) is 4.79 Å². The Hall–Kier alpha value is -3.95. The Labute approximate surface area is 285 Å². The van der Waals surface area contributed by atoms with E-state index in [9.17, 15) is 13.2 Å². The van der Waals surface area contributed by atoms with E-state index in [-0.39, 0.29) is 17.4 Å². The molecule has 9 heteroatoms. The third kappa shape index (κ3) is 6.54. The van der Waals surface area contributed by atoms with Crippen molar-refractivity contribution in [3.63, 3.8) is 0 Å². The minimum Gasteiger partial charge on any atom is -0.371 e. The van der Waals surface area contributed by atoms with Gasteiger partial charge in [0.1, 0.15) is 0 Å². The van der Waals surface area contributed by atoms with Crippen LogP contribution in [0.2, 0.25) is 0 Å². The summed E-state index contributed by atoms with van der Waals surface area (Å²) in [5.41, 5.74) is 2.36. The van der Waals surface area contributed by atoms with Crippen LogP contribution in [0.4, 0.5) is 5.69 Å². The van der Waals surface area contributed by atoms with Crippen LogP contribution in [0.5, 0.6) is 0 Å². The zero-order valence-electron chi connectivity index (χ0n) is 27.8. The number of amides is 1. The van der Waals surface area contributed by atoms with Crippen LogP contribution in [0.25, 0.3) is 0 Å². The molecule has 0 radical (unpaired) electrons. The number of imidazole rings is 1. The molecule has 4 aromatic rings. The highest BCUT2D eigenvalue weighted by Gasteiger charge is 2.52. The van der Waals surface area contributed by atoms with E-state index in [1.54, 1.807) is 43.3 Å². The van der Waals surface area contributed by atoms with Gasteiger partial charge in [-0.2, -0.15) is 0 Å². The third-order valence-corrected chi connectivity index (χ3v) is 13.0. The molecular weight excluding hydrogens is 619 g/mol. The number of carbonyl (C=O) groups is 1. The van der Waals surface area contributed by atoms with Gasteiger partial charge in [-0.15, -0.1) is 0 Å². The number of sulfone groups is 1. The number of benzene rings is 3. The van der Waals surface area contributed by atoms with Crippen LogP contribution in [0.15, 0.2) is 113 Å². The molecule has 7 rings (SSSR count). The van der Waals surface area contributed by atoms with Crippen LogP contribution in [-0.4, -0.2) is 67.5 Å². The second-order valence-electron chi connectivity index (χ2n) is 14.1. The predicted octanol–water partition coefficient (Wildman–Crippen LogP) is 5.81. The monoisotopic (exact) mass is 665 g/mol. The lowest BCUT2D eigenvalue weighted by Crippen LogP contribution is -2.56. The lowest BCUT2D eigenvalue weighted by atomic mass is 9.58. The molecule has 1 unspecified atom stereocenters. The van der Waals surface area contributed by atoms with Crippen LogP contribution in [0.1, 0.15) is 44.6 Å². The lowest BCUT2D eigenvalue weighted by Gasteiger charge is -2.51. The molecule has 3 heterocycles. The minimum absolute atomic E-state index is 0.0639. The first kappa shape index (κ1) is 32.6. The molecule has 1 N–H and O–H groups in total. The Morgan fingerprint density at radius 3 is 2.19 bits per heavy atom. The Morgan fingerprint density at radius 1 is 0.875 bits per heavy atom. The molecule has 8 nitrogen and oxygen atoms in total. The Balaban J connectivity index is 1.01. The number of nitrogens with one attached hydrogen (secondary N) is 1. The van der Waals surface area contributed by atoms with Crippen molar-refractivity contribution < 1.29 is 13.2 Å². The first-order valence-corrected chi connectivity index (χ1v) is 19.0. The average Bonchev–Trinajstić information content (AvgIpc) is 3.79. The van der Waals surface area contributed by atoms with Crippen molar-refractivity contribution in [3.05, 3.63) is 109 Å². The van der Waals surface area contributed by atoms with E-state index in [1.165, 1.54) is 5.56 Å². The van der Waals surface area contributed by atoms with E-state index in [2.05, 4.69) is 61.2 Å². The molecule has 2 saturated heterocycles. The van der Waals surface area contributed by atoms with Gasteiger partial charge in [0.15, 0.2) is 0 Å². The Bertz CT molecular complexity index is 1750. The minimum atomic E-state index is -3.51. The Morgan fingerprint density at radius 2 is 1.54 bits per heavy atom. The number of carbonyl (C=O) groups excluding carboxylic acids is 1. The number of hydrogen-bond acceptors (Lipinski definition) is 6. The highest BCUT2D eigenvalue weighted by molar-refractivity contribution is 7.91. The summed E-state index contributed by atoms with van der Waals surface area (Å²) in [6.45, 7) is 7.72. The smallest absolute Gasteiger partial charge is 0.217 e. The number of anilines is 1. The average molecular weight is 666 g/mol. The van der Waals surface area contributed by atoms with Crippen LogP contribution in [0.3, 0.4) is 0 Å². The number of hydrogen-bond donors (Lipinski definition) is 1. The maximum absolute atomic E-state index is 13.0. The van der Waals surface area contributed by atoms with E-state index in [0.717, 1.165) is 77.1 Å². The highest BCUT2D eigenvalue weighted by atomic mass is 32.2. The quantitative estimate of drug-likeness (QED) is 0.218. The van der Waals surface area contributed by atoms with Crippen LogP contribution in [-0.2, 0) is 26.6 Å². The van der Waals surface area contributed by atoms with Gasteiger partial charge in [0.2, 0.25) is 15.7 Å². The van der Waals surface area contributed by atoms with Gasteiger partial charge in [0.25, 0.3) is 0 Å². The molecule has 48 heavy (non-hydrogen) atoms. The maximum atomic E-state index is 13.0. The number of aromatic nitrogens is 2. The standard InChI is InChI=1S/C39H47N5O3S/c1-30(45)41-38-14-8-13-37(38)39(28-43-24-21-40-29-43,32-9-4-2-5-10-32)33-19-22-42(23-20-33)25-31-26-44(27-31)34-15-17-36(18-16-34)48(46,47)35-11-6-3-7-12-35/h2-7,9-12,15-18,21,24,29,31,33,37-38H,8,13-14,19-20,22-23,25-28H2,1H3,(H,41,45)/t37-,38-,39?/m0/s1. The lowest BCUT2D eigenvalue weighted by molar-refractivity contribution is -0.120. The first-order valence-electron chi connectivity index (χ1n) is 17.5. The summed E-state index contributed by atoms with van der Waals surface area (Å²) >= 11 is 0. The van der Waals surface area contributed by atoms with Crippen molar-refractivity contribution >= 4 is 21.4 Å². The van der Waals surface area contributed by atoms with Crippen LogP contribution >= 0.6 is 0 Å². The predicted molar refractivity (Wildman–Crippen MR) is 188 cm³/mol. The molecule has 3 atom stereocenters. The molecular formula is C39H47N5O3S. The van der Waals surface area contributed by atoms with Crippen molar-refractivity contribution in [2.75, 3.05) is 37.6 Å². The zero-order valence-corrected chi connectivity index (χ0v) is 28.6. The summed E-state index contributed by atoms with van der Waals surface area (Å²) < 4.78 is 28.3. The second kappa shape index (κ2) is 13.9. The van der Waals surface area contributed by atoms with Gasteiger partial charge in [0.05, 0.1) is 16.1 Å². The molecule has 252 valence electrons. The number of nitrogens with zero attached hydrogens (tertiary/aromatic N) is 4. The summed E-state index contributed by atoms with van der Waals surface area (Å²) in [5, 5.41) is 3.36. The highest BCUT2D eigenvalue weighted by Crippen LogP contribution is 2.51. The Kier molecular flexibility index (Phi) is 9.43. The third-order valence-electron chi connectivity index (χ3n) is 11.2. The molecule has 1 amide bonds. The first-order chi connectivity index (χ1) is 23.3. The van der Waals surface area contributed by atoms with Gasteiger partial charge >= 0.3 is 0 Å². The van der Waals surface area contributed by atoms with Gasteiger partial charge in [-0.25, -0.2) is 13.4 Å². The fourth-order valence-corrected chi connectivity index (χ4v) is 10.3.